The monoisotopic (exact) mass is 593 g/mol. The Balaban J connectivity index is 1.27. The summed E-state index contributed by atoms with van der Waals surface area (Å²) < 4.78 is 22.2. The third-order valence-electron chi connectivity index (χ3n) is 7.64. The normalized spacial score (nSPS) is 12.0. The smallest absolute Gasteiger partial charge is 0.209 e. The second-order valence-corrected chi connectivity index (χ2v) is 10.3. The summed E-state index contributed by atoms with van der Waals surface area (Å²) in [4.78, 5) is 19.3. The van der Waals surface area contributed by atoms with E-state index in [1.54, 1.807) is 6.07 Å². The zero-order chi connectivity index (χ0) is 29.1. The molecule has 1 aliphatic heterocycles. The van der Waals surface area contributed by atoms with E-state index in [0.717, 1.165) is 56.0 Å². The SMILES string of the molecule is Fc1cc(-c2ccc(N3c4ccccc4Oc4ccccc43)cc2)c2cccc3c2c1-c1nc(N=C=S)c(N=C=S)nc1-3. The molecular weight excluding hydrogens is 578 g/mol. The average molecular weight is 594 g/mol. The van der Waals surface area contributed by atoms with E-state index < -0.39 is 5.82 Å². The summed E-state index contributed by atoms with van der Waals surface area (Å²) in [5.74, 6) is 1.41. The van der Waals surface area contributed by atoms with Crippen LogP contribution in [0, 0.1) is 5.82 Å². The Bertz CT molecular complexity index is 2210. The molecule has 9 heteroatoms. The average Bonchev–Trinajstić information content (AvgIpc) is 3.36. The Morgan fingerprint density at radius 3 is 1.98 bits per heavy atom. The molecule has 0 fully saturated rings. The number of isothiocyanates is 2. The fourth-order valence-corrected chi connectivity index (χ4v) is 6.07. The zero-order valence-corrected chi connectivity index (χ0v) is 23.7. The van der Waals surface area contributed by atoms with Crippen LogP contribution in [-0.2, 0) is 0 Å². The lowest BCUT2D eigenvalue weighted by atomic mass is 9.94. The molecule has 1 aliphatic carbocycles. The van der Waals surface area contributed by atoms with Crippen LogP contribution in [0.25, 0.3) is 44.4 Å². The number of aliphatic imine (C=N–C) groups is 2. The van der Waals surface area contributed by atoms with Gasteiger partial charge in [0.25, 0.3) is 0 Å². The second-order valence-electron chi connectivity index (χ2n) is 9.90. The van der Waals surface area contributed by atoms with Gasteiger partial charge >= 0.3 is 0 Å². The number of fused-ring (bicyclic) bond motifs is 5. The van der Waals surface area contributed by atoms with E-state index >= 15 is 4.39 Å². The van der Waals surface area contributed by atoms with Crippen LogP contribution in [0.4, 0.5) is 33.1 Å². The first-order valence-electron chi connectivity index (χ1n) is 13.3. The molecule has 6 aromatic rings. The highest BCUT2D eigenvalue weighted by Crippen LogP contribution is 2.52. The summed E-state index contributed by atoms with van der Waals surface area (Å²) in [6.07, 6.45) is 0. The van der Waals surface area contributed by atoms with Crippen molar-refractivity contribution in [3.8, 4) is 45.1 Å². The summed E-state index contributed by atoms with van der Waals surface area (Å²) >= 11 is 9.55. The minimum atomic E-state index is -0.411. The van der Waals surface area contributed by atoms with Gasteiger partial charge in [-0.1, -0.05) is 54.6 Å². The number of ether oxygens (including phenoxy) is 1. The largest absolute Gasteiger partial charge is 0.453 e. The number of aromatic nitrogens is 2. The molecule has 0 spiro atoms. The fraction of sp³-hybridized carbons (Fsp3) is 0. The molecule has 0 saturated carbocycles. The molecule has 0 radical (unpaired) electrons. The van der Waals surface area contributed by atoms with Gasteiger partial charge in [-0.05, 0) is 83.4 Å². The summed E-state index contributed by atoms with van der Waals surface area (Å²) in [6, 6.07) is 31.3. The standard InChI is InChI=1S/C34H16FN5OS2/c35-24-16-23(21-6-5-7-22-29(21)30(24)32-31(22)38-33(36-17-42)34(39-32)37-18-43)19-12-14-20(15-13-19)40-25-8-1-3-10-27(25)41-28-11-4-2-9-26(28)40/h1-16H. The van der Waals surface area contributed by atoms with Gasteiger partial charge in [-0.15, -0.1) is 0 Å². The third-order valence-corrected chi connectivity index (χ3v) is 7.82. The molecule has 8 rings (SSSR count). The maximum Gasteiger partial charge on any atom is 0.209 e. The Morgan fingerprint density at radius 1 is 0.698 bits per heavy atom. The van der Waals surface area contributed by atoms with Gasteiger partial charge in [0.15, 0.2) is 11.5 Å². The van der Waals surface area contributed by atoms with Gasteiger partial charge in [-0.3, -0.25) is 0 Å². The zero-order valence-electron chi connectivity index (χ0n) is 22.1. The predicted octanol–water partition coefficient (Wildman–Crippen LogP) is 10.1. The summed E-state index contributed by atoms with van der Waals surface area (Å²) in [7, 11) is 0. The fourth-order valence-electron chi connectivity index (χ4n) is 5.90. The first kappa shape index (κ1) is 25.3. The van der Waals surface area contributed by atoms with Gasteiger partial charge in [0, 0.05) is 22.2 Å². The van der Waals surface area contributed by atoms with Crippen LogP contribution in [0.1, 0.15) is 0 Å². The number of thiocarbonyl (C=S) groups is 2. The molecular formula is C34H16FN5OS2. The predicted molar refractivity (Wildman–Crippen MR) is 173 cm³/mol. The first-order valence-corrected chi connectivity index (χ1v) is 14.1. The van der Waals surface area contributed by atoms with Crippen molar-refractivity contribution in [1.82, 2.24) is 9.97 Å². The second kappa shape index (κ2) is 9.84. The lowest BCUT2D eigenvalue weighted by Gasteiger charge is -2.32. The molecule has 0 amide bonds. The number of hydrogen-bond acceptors (Lipinski definition) is 8. The summed E-state index contributed by atoms with van der Waals surface area (Å²) in [6.45, 7) is 0. The quantitative estimate of drug-likeness (QED) is 0.149. The molecule has 2 aliphatic rings. The van der Waals surface area contributed by atoms with E-state index in [9.17, 15) is 0 Å². The molecule has 202 valence electrons. The van der Waals surface area contributed by atoms with Crippen LogP contribution in [0.15, 0.2) is 107 Å². The van der Waals surface area contributed by atoms with Gasteiger partial charge in [0.1, 0.15) is 17.2 Å². The van der Waals surface area contributed by atoms with Crippen LogP contribution < -0.4 is 9.64 Å². The first-order chi connectivity index (χ1) is 21.2. The number of hydrogen-bond donors (Lipinski definition) is 0. The van der Waals surface area contributed by atoms with Crippen molar-refractivity contribution in [3.05, 3.63) is 103 Å². The molecule has 0 saturated heterocycles. The summed E-state index contributed by atoms with van der Waals surface area (Å²) in [5.41, 5.74) is 6.48. The van der Waals surface area contributed by atoms with Crippen LogP contribution >= 0.6 is 24.4 Å². The maximum atomic E-state index is 16.0. The van der Waals surface area contributed by atoms with Crippen molar-refractivity contribution in [2.24, 2.45) is 9.98 Å². The lowest BCUT2D eigenvalue weighted by Crippen LogP contribution is -2.15. The van der Waals surface area contributed by atoms with Gasteiger partial charge in [0.2, 0.25) is 11.6 Å². The van der Waals surface area contributed by atoms with Crippen molar-refractivity contribution < 1.29 is 9.13 Å². The minimum absolute atomic E-state index is 0.109. The third kappa shape index (κ3) is 3.85. The van der Waals surface area contributed by atoms with Crippen molar-refractivity contribution in [1.29, 1.82) is 0 Å². The molecule has 1 aromatic heterocycles. The highest BCUT2D eigenvalue weighted by Gasteiger charge is 2.31. The van der Waals surface area contributed by atoms with E-state index in [1.165, 1.54) is 0 Å². The number of nitrogens with zero attached hydrogens (tertiary/aromatic N) is 5. The van der Waals surface area contributed by atoms with Crippen LogP contribution in [0.3, 0.4) is 0 Å². The van der Waals surface area contributed by atoms with E-state index in [0.29, 0.717) is 17.0 Å². The summed E-state index contributed by atoms with van der Waals surface area (Å²) in [5, 5.41) is 6.19. The Labute approximate surface area is 255 Å². The topological polar surface area (TPSA) is 63.0 Å². The Hall–Kier alpha value is -5.43. The molecule has 0 bridgehead atoms. The maximum absolute atomic E-state index is 16.0. The van der Waals surface area contributed by atoms with Gasteiger partial charge < -0.3 is 9.64 Å². The number of rotatable bonds is 4. The van der Waals surface area contributed by atoms with E-state index in [1.807, 2.05) is 91.0 Å². The van der Waals surface area contributed by atoms with Gasteiger partial charge in [0.05, 0.1) is 21.7 Å². The highest BCUT2D eigenvalue weighted by molar-refractivity contribution is 7.78. The van der Waals surface area contributed by atoms with Crippen molar-refractivity contribution in [2.45, 2.75) is 0 Å². The highest BCUT2D eigenvalue weighted by atomic mass is 32.1. The van der Waals surface area contributed by atoms with Gasteiger partial charge in [-0.2, -0.15) is 9.98 Å². The van der Waals surface area contributed by atoms with Crippen LogP contribution in [0.2, 0.25) is 0 Å². The number of anilines is 3. The number of halogens is 1. The van der Waals surface area contributed by atoms with E-state index in [2.05, 4.69) is 35.2 Å². The van der Waals surface area contributed by atoms with E-state index in [4.69, 9.17) is 29.2 Å². The van der Waals surface area contributed by atoms with Crippen LogP contribution in [-0.4, -0.2) is 20.3 Å². The number of benzene rings is 5. The van der Waals surface area contributed by atoms with Gasteiger partial charge in [-0.25, -0.2) is 14.4 Å². The molecule has 0 N–H and O–H groups in total. The molecule has 0 unspecified atom stereocenters. The Morgan fingerprint density at radius 2 is 1.33 bits per heavy atom. The molecule has 6 nitrogen and oxygen atoms in total. The molecule has 2 heterocycles. The van der Waals surface area contributed by atoms with Crippen molar-refractivity contribution in [3.63, 3.8) is 0 Å². The minimum Gasteiger partial charge on any atom is -0.453 e. The molecule has 43 heavy (non-hydrogen) atoms. The molecule has 0 atom stereocenters. The Kier molecular flexibility index (Phi) is 5.79. The number of para-hydroxylation sites is 4. The van der Waals surface area contributed by atoms with Crippen molar-refractivity contribution in [2.75, 3.05) is 4.90 Å². The lowest BCUT2D eigenvalue weighted by molar-refractivity contribution is 0.477. The van der Waals surface area contributed by atoms with Crippen molar-refractivity contribution >= 4 is 74.2 Å². The van der Waals surface area contributed by atoms with E-state index in [-0.39, 0.29) is 11.6 Å². The van der Waals surface area contributed by atoms with Crippen LogP contribution in [0.5, 0.6) is 11.5 Å². The molecule has 5 aromatic carbocycles.